The summed E-state index contributed by atoms with van der Waals surface area (Å²) < 4.78 is 20.3. The Morgan fingerprint density at radius 3 is 2.77 bits per heavy atom. The van der Waals surface area contributed by atoms with E-state index in [1.807, 2.05) is 5.38 Å². The fourth-order valence-corrected chi connectivity index (χ4v) is 7.48. The van der Waals surface area contributed by atoms with E-state index >= 15 is 0 Å². The number of carbonyl (C=O) groups is 2. The number of rotatable bonds is 9. The van der Waals surface area contributed by atoms with Gasteiger partial charge in [-0.2, -0.15) is 0 Å². The lowest BCUT2D eigenvalue weighted by Crippen LogP contribution is -2.53. The largest absolute Gasteiger partial charge is 0.481 e. The molecule has 2 unspecified atom stereocenters. The van der Waals surface area contributed by atoms with Gasteiger partial charge in [-0.05, 0) is 56.1 Å². The number of thiocarbonyl (C=S) groups is 1. The van der Waals surface area contributed by atoms with Crippen molar-refractivity contribution in [2.75, 3.05) is 45.9 Å². The summed E-state index contributed by atoms with van der Waals surface area (Å²) >= 11 is 7.23. The van der Waals surface area contributed by atoms with Gasteiger partial charge in [0.2, 0.25) is 0 Å². The van der Waals surface area contributed by atoms with Crippen LogP contribution in [0.1, 0.15) is 48.4 Å². The first-order valence-electron chi connectivity index (χ1n) is 14.6. The second kappa shape index (κ2) is 11.9. The zero-order valence-corrected chi connectivity index (χ0v) is 25.8. The van der Waals surface area contributed by atoms with E-state index < -0.39 is 23.4 Å². The van der Waals surface area contributed by atoms with Crippen LogP contribution in [0, 0.1) is 18.2 Å². The number of amidine groups is 1. The number of carboxylic acid groups (broad SMARTS) is 1. The third-order valence-corrected chi connectivity index (χ3v) is 10.3. The number of nitrogens with one attached hydrogen (secondary N) is 1. The fraction of sp³-hybridized carbons (Fsp3) is 0.500. The van der Waals surface area contributed by atoms with Crippen LogP contribution in [0.4, 0.5) is 4.39 Å². The number of aliphatic imine (C=N–C) groups is 1. The zero-order valence-electron chi connectivity index (χ0n) is 24.2. The van der Waals surface area contributed by atoms with Gasteiger partial charge in [0.15, 0.2) is 16.0 Å². The molecule has 6 rings (SSSR count). The van der Waals surface area contributed by atoms with Crippen LogP contribution in [0.3, 0.4) is 0 Å². The predicted molar refractivity (Wildman–Crippen MR) is 164 cm³/mol. The number of carbonyl (C=O) groups excluding carboxylic acids is 1. The third kappa shape index (κ3) is 5.53. The molecule has 3 fully saturated rings. The SMILES string of the molecule is CCOC(=O)C1=C(CN2CCN3C(=S)N(CC4(C(=O)O)CCC4)CC3C2)NC(c2nccs2)=NC1c1cccc(F)c1C. The molecule has 2 N–H and O–H groups in total. The molecule has 4 heterocycles. The van der Waals surface area contributed by atoms with E-state index in [4.69, 9.17) is 21.9 Å². The molecule has 13 heteroatoms. The van der Waals surface area contributed by atoms with Gasteiger partial charge in [-0.3, -0.25) is 14.7 Å². The quantitative estimate of drug-likeness (QED) is 0.318. The maximum atomic E-state index is 14.7. The van der Waals surface area contributed by atoms with Crippen molar-refractivity contribution in [2.45, 2.75) is 45.2 Å². The Labute approximate surface area is 259 Å². The Morgan fingerprint density at radius 1 is 1.28 bits per heavy atom. The number of hydrogen-bond donors (Lipinski definition) is 2. The summed E-state index contributed by atoms with van der Waals surface area (Å²) in [6.07, 6.45) is 4.00. The summed E-state index contributed by atoms with van der Waals surface area (Å²) in [5, 5.41) is 16.5. The molecule has 2 aromatic rings. The Balaban J connectivity index is 1.28. The predicted octanol–water partition coefficient (Wildman–Crippen LogP) is 3.34. The molecule has 1 aromatic carbocycles. The number of hydrogen-bond acceptors (Lipinski definition) is 9. The number of nitrogens with zero attached hydrogens (tertiary/aromatic N) is 5. The van der Waals surface area contributed by atoms with Gasteiger partial charge in [0, 0.05) is 56.5 Å². The Kier molecular flexibility index (Phi) is 8.22. The number of piperazine rings is 1. The van der Waals surface area contributed by atoms with Gasteiger partial charge in [-0.15, -0.1) is 11.3 Å². The molecular formula is C30H35FN6O4S2. The fourth-order valence-electron chi connectivity index (χ4n) is 6.51. The first-order chi connectivity index (χ1) is 20.7. The number of aliphatic carboxylic acids is 1. The lowest BCUT2D eigenvalue weighted by atomic mass is 9.68. The van der Waals surface area contributed by atoms with E-state index in [0.717, 1.165) is 11.5 Å². The number of halogens is 1. The van der Waals surface area contributed by atoms with Crippen molar-refractivity contribution >= 4 is 46.4 Å². The maximum absolute atomic E-state index is 14.7. The van der Waals surface area contributed by atoms with E-state index in [9.17, 15) is 19.1 Å². The van der Waals surface area contributed by atoms with E-state index in [0.29, 0.717) is 85.4 Å². The lowest BCUT2D eigenvalue weighted by Gasteiger charge is -2.40. The van der Waals surface area contributed by atoms with Crippen LogP contribution < -0.4 is 5.32 Å². The average Bonchev–Trinajstić information content (AvgIpc) is 3.60. The van der Waals surface area contributed by atoms with Crippen LogP contribution in [-0.2, 0) is 14.3 Å². The summed E-state index contributed by atoms with van der Waals surface area (Å²) in [5.41, 5.74) is 1.32. The Hall–Kier alpha value is -3.42. The second-order valence-electron chi connectivity index (χ2n) is 11.6. The molecule has 0 amide bonds. The van der Waals surface area contributed by atoms with E-state index in [-0.39, 0.29) is 18.5 Å². The smallest absolute Gasteiger partial charge is 0.338 e. The van der Waals surface area contributed by atoms with E-state index in [1.165, 1.54) is 17.4 Å². The lowest BCUT2D eigenvalue weighted by molar-refractivity contribution is -0.155. The van der Waals surface area contributed by atoms with Crippen LogP contribution >= 0.6 is 23.6 Å². The van der Waals surface area contributed by atoms with Gasteiger partial charge in [0.05, 0.1) is 23.6 Å². The molecule has 4 aliphatic rings. The van der Waals surface area contributed by atoms with Crippen molar-refractivity contribution in [3.8, 4) is 0 Å². The Morgan fingerprint density at radius 2 is 2.09 bits per heavy atom. The van der Waals surface area contributed by atoms with Gasteiger partial charge in [0.25, 0.3) is 0 Å². The summed E-state index contributed by atoms with van der Waals surface area (Å²) in [4.78, 5) is 41.4. The van der Waals surface area contributed by atoms with E-state index in [2.05, 4.69) is 25.0 Å². The van der Waals surface area contributed by atoms with Crippen LogP contribution in [-0.4, -0.2) is 99.6 Å². The highest BCUT2D eigenvalue weighted by molar-refractivity contribution is 7.80. The van der Waals surface area contributed by atoms with Gasteiger partial charge in [-0.25, -0.2) is 14.2 Å². The van der Waals surface area contributed by atoms with Crippen LogP contribution in [0.2, 0.25) is 0 Å². The molecule has 1 saturated carbocycles. The molecule has 2 atom stereocenters. The highest BCUT2D eigenvalue weighted by atomic mass is 32.1. The molecule has 0 spiro atoms. The molecule has 228 valence electrons. The van der Waals surface area contributed by atoms with Crippen molar-refractivity contribution in [3.05, 3.63) is 63.0 Å². The summed E-state index contributed by atoms with van der Waals surface area (Å²) in [6, 6.07) is 4.17. The molecule has 0 bridgehead atoms. The monoisotopic (exact) mass is 626 g/mol. The summed E-state index contributed by atoms with van der Waals surface area (Å²) in [5.74, 6) is -1.07. The molecule has 3 aliphatic heterocycles. The van der Waals surface area contributed by atoms with Crippen molar-refractivity contribution in [3.63, 3.8) is 0 Å². The number of benzene rings is 1. The highest BCUT2D eigenvalue weighted by Crippen LogP contribution is 2.43. The highest BCUT2D eigenvalue weighted by Gasteiger charge is 2.49. The maximum Gasteiger partial charge on any atom is 0.338 e. The standard InChI is InChI=1S/C30H35FN6O4S2/c1-3-41-27(38)23-22(33-25(26-32-10-13-43-26)34-24(23)20-6-4-7-21(31)18(20)2)16-35-11-12-37-19(14-35)15-36(29(37)42)17-30(28(39)40)8-5-9-30/h4,6-7,10,13,19,24H,3,5,8-9,11-12,14-17H2,1-2H3,(H,33,34)(H,39,40). The van der Waals surface area contributed by atoms with Crippen molar-refractivity contribution < 1.29 is 23.8 Å². The minimum atomic E-state index is -0.768. The van der Waals surface area contributed by atoms with Crippen LogP contribution in [0.25, 0.3) is 0 Å². The first kappa shape index (κ1) is 29.6. The topological polar surface area (TPSA) is 111 Å². The molecule has 10 nitrogen and oxygen atoms in total. The minimum Gasteiger partial charge on any atom is -0.481 e. The summed E-state index contributed by atoms with van der Waals surface area (Å²) in [7, 11) is 0. The molecule has 1 aromatic heterocycles. The van der Waals surface area contributed by atoms with Crippen molar-refractivity contribution in [2.24, 2.45) is 10.4 Å². The first-order valence-corrected chi connectivity index (χ1v) is 15.9. The number of aromatic nitrogens is 1. The minimum absolute atomic E-state index is 0.107. The number of fused-ring (bicyclic) bond motifs is 1. The molecule has 1 aliphatic carbocycles. The summed E-state index contributed by atoms with van der Waals surface area (Å²) in [6.45, 7) is 7.25. The van der Waals surface area contributed by atoms with E-state index in [1.54, 1.807) is 32.2 Å². The molecule has 2 saturated heterocycles. The molecule has 43 heavy (non-hydrogen) atoms. The number of ether oxygens (including phenoxy) is 1. The number of thiazole rings is 1. The van der Waals surface area contributed by atoms with Crippen LogP contribution in [0.15, 0.2) is 46.0 Å². The van der Waals surface area contributed by atoms with Crippen molar-refractivity contribution in [1.82, 2.24) is 25.0 Å². The zero-order chi connectivity index (χ0) is 30.3. The van der Waals surface area contributed by atoms with Gasteiger partial charge >= 0.3 is 11.9 Å². The number of esters is 1. The number of carboxylic acids is 1. The van der Waals surface area contributed by atoms with Gasteiger partial charge < -0.3 is 25.0 Å². The molecule has 0 radical (unpaired) electrons. The van der Waals surface area contributed by atoms with Gasteiger partial charge in [-0.1, -0.05) is 18.6 Å². The third-order valence-electron chi connectivity index (χ3n) is 9.01. The molecular weight excluding hydrogens is 592 g/mol. The average molecular weight is 627 g/mol. The normalized spacial score (nSPS) is 23.4. The van der Waals surface area contributed by atoms with Gasteiger partial charge in [0.1, 0.15) is 11.9 Å². The second-order valence-corrected chi connectivity index (χ2v) is 12.9. The Bertz CT molecular complexity index is 1490. The van der Waals surface area contributed by atoms with Crippen LogP contribution in [0.5, 0.6) is 0 Å². The van der Waals surface area contributed by atoms with Crippen molar-refractivity contribution in [1.29, 1.82) is 0 Å².